The second kappa shape index (κ2) is 6.11. The molecular weight excluding hydrogens is 313 g/mol. The predicted octanol–water partition coefficient (Wildman–Crippen LogP) is 3.20. The molecule has 0 aliphatic rings. The van der Waals surface area contributed by atoms with E-state index in [4.69, 9.17) is 0 Å². The Morgan fingerprint density at radius 2 is 1.83 bits per heavy atom. The van der Waals surface area contributed by atoms with Crippen LogP contribution in [0.15, 0.2) is 53.3 Å². The summed E-state index contributed by atoms with van der Waals surface area (Å²) in [4.78, 5) is 23.1. The number of anilines is 1. The fraction of sp³-hybridized carbons (Fsp3) is 0.118. The Balaban J connectivity index is 2.13. The van der Waals surface area contributed by atoms with E-state index < -0.39 is 16.2 Å². The van der Waals surface area contributed by atoms with Crippen molar-refractivity contribution in [3.05, 3.63) is 80.4 Å². The predicted molar refractivity (Wildman–Crippen MR) is 89.6 cm³/mol. The first-order valence-corrected chi connectivity index (χ1v) is 7.23. The summed E-state index contributed by atoms with van der Waals surface area (Å²) in [5.74, 6) is -0.358. The molecule has 6 nitrogen and oxygen atoms in total. The van der Waals surface area contributed by atoms with Gasteiger partial charge in [0.15, 0.2) is 0 Å². The molecule has 0 saturated heterocycles. The number of nitrogens with one attached hydrogen (secondary N) is 1. The highest BCUT2D eigenvalue weighted by molar-refractivity contribution is 5.96. The van der Waals surface area contributed by atoms with Crippen molar-refractivity contribution in [3.63, 3.8) is 0 Å². The SMILES string of the molecule is Cn1c(=O)c([N+](=O)[O-])c(NCc2ccc(F)cc2)c2ccccc21. The molecule has 0 amide bonds. The Morgan fingerprint density at radius 1 is 1.17 bits per heavy atom. The van der Waals surface area contributed by atoms with Gasteiger partial charge in [0.1, 0.15) is 11.5 Å². The molecule has 1 heterocycles. The summed E-state index contributed by atoms with van der Waals surface area (Å²) in [6, 6.07) is 12.7. The number of halogens is 1. The van der Waals surface area contributed by atoms with Crippen LogP contribution in [-0.2, 0) is 13.6 Å². The number of fused-ring (bicyclic) bond motifs is 1. The number of nitro groups is 1. The molecule has 0 aliphatic carbocycles. The Kier molecular flexibility index (Phi) is 3.99. The van der Waals surface area contributed by atoms with Crippen LogP contribution >= 0.6 is 0 Å². The first-order chi connectivity index (χ1) is 11.5. The van der Waals surface area contributed by atoms with Crippen molar-refractivity contribution in [2.75, 3.05) is 5.32 Å². The number of pyridine rings is 1. The largest absolute Gasteiger partial charge is 0.375 e. The Bertz CT molecular complexity index is 981. The molecule has 0 aliphatic heterocycles. The van der Waals surface area contributed by atoms with Crippen LogP contribution in [0.3, 0.4) is 0 Å². The molecule has 7 heteroatoms. The fourth-order valence-corrected chi connectivity index (χ4v) is 2.62. The van der Waals surface area contributed by atoms with E-state index >= 15 is 0 Å². The number of benzene rings is 2. The monoisotopic (exact) mass is 327 g/mol. The van der Waals surface area contributed by atoms with Crippen molar-refractivity contribution in [1.82, 2.24) is 4.57 Å². The highest BCUT2D eigenvalue weighted by Gasteiger charge is 2.24. The summed E-state index contributed by atoms with van der Waals surface area (Å²) in [6.45, 7) is 0.234. The number of rotatable bonds is 4. The average molecular weight is 327 g/mol. The Morgan fingerprint density at radius 3 is 2.50 bits per heavy atom. The first-order valence-electron chi connectivity index (χ1n) is 7.23. The first kappa shape index (κ1) is 15.7. The molecule has 3 rings (SSSR count). The van der Waals surface area contributed by atoms with E-state index in [-0.39, 0.29) is 18.0 Å². The molecule has 0 radical (unpaired) electrons. The van der Waals surface area contributed by atoms with Gasteiger partial charge in [-0.1, -0.05) is 30.3 Å². The zero-order chi connectivity index (χ0) is 17.3. The zero-order valence-electron chi connectivity index (χ0n) is 12.8. The van der Waals surface area contributed by atoms with Gasteiger partial charge in [-0.3, -0.25) is 14.9 Å². The molecule has 122 valence electrons. The minimum absolute atomic E-state index is 0.169. The van der Waals surface area contributed by atoms with Crippen LogP contribution in [0, 0.1) is 15.9 Å². The third-order valence-electron chi connectivity index (χ3n) is 3.84. The van der Waals surface area contributed by atoms with Gasteiger partial charge in [-0.15, -0.1) is 0 Å². The van der Waals surface area contributed by atoms with E-state index in [0.717, 1.165) is 5.56 Å². The Labute approximate surface area is 136 Å². The number of aryl methyl sites for hydroxylation is 1. The number of aromatic nitrogens is 1. The van der Waals surface area contributed by atoms with Crippen molar-refractivity contribution in [2.24, 2.45) is 7.05 Å². The van der Waals surface area contributed by atoms with Gasteiger partial charge in [-0.2, -0.15) is 0 Å². The quantitative estimate of drug-likeness (QED) is 0.590. The van der Waals surface area contributed by atoms with Crippen molar-refractivity contribution in [1.29, 1.82) is 0 Å². The average Bonchev–Trinajstić information content (AvgIpc) is 2.58. The molecule has 1 N–H and O–H groups in total. The third-order valence-corrected chi connectivity index (χ3v) is 3.84. The lowest BCUT2D eigenvalue weighted by Gasteiger charge is -2.13. The lowest BCUT2D eigenvalue weighted by atomic mass is 10.1. The summed E-state index contributed by atoms with van der Waals surface area (Å²) in [5, 5.41) is 14.9. The van der Waals surface area contributed by atoms with Gasteiger partial charge in [-0.05, 0) is 23.8 Å². The highest BCUT2D eigenvalue weighted by atomic mass is 19.1. The fourth-order valence-electron chi connectivity index (χ4n) is 2.62. The van der Waals surface area contributed by atoms with Crippen LogP contribution in [-0.4, -0.2) is 9.49 Å². The van der Waals surface area contributed by atoms with Crippen molar-refractivity contribution in [2.45, 2.75) is 6.54 Å². The zero-order valence-corrected chi connectivity index (χ0v) is 12.8. The maximum Gasteiger partial charge on any atom is 0.357 e. The van der Waals surface area contributed by atoms with Gasteiger partial charge in [0, 0.05) is 19.0 Å². The summed E-state index contributed by atoms with van der Waals surface area (Å²) < 4.78 is 14.2. The van der Waals surface area contributed by atoms with Gasteiger partial charge in [0.2, 0.25) is 0 Å². The summed E-state index contributed by atoms with van der Waals surface area (Å²) in [6.07, 6.45) is 0. The molecule has 0 saturated carbocycles. The smallest absolute Gasteiger partial charge is 0.357 e. The normalized spacial score (nSPS) is 10.8. The molecular formula is C17H14FN3O3. The molecule has 0 unspecified atom stereocenters. The molecule has 3 aromatic rings. The van der Waals surface area contributed by atoms with Crippen LogP contribution in [0.5, 0.6) is 0 Å². The minimum Gasteiger partial charge on any atom is -0.375 e. The van der Waals surface area contributed by atoms with Crippen LogP contribution in [0.25, 0.3) is 10.9 Å². The van der Waals surface area contributed by atoms with Crippen LogP contribution < -0.4 is 10.9 Å². The van der Waals surface area contributed by atoms with E-state index in [1.165, 1.54) is 23.7 Å². The lowest BCUT2D eigenvalue weighted by Crippen LogP contribution is -2.22. The molecule has 0 bridgehead atoms. The van der Waals surface area contributed by atoms with Gasteiger partial charge >= 0.3 is 11.2 Å². The molecule has 1 aromatic heterocycles. The van der Waals surface area contributed by atoms with Crippen LogP contribution in [0.1, 0.15) is 5.56 Å². The minimum atomic E-state index is -0.680. The summed E-state index contributed by atoms with van der Waals surface area (Å²) in [5.41, 5.74) is 0.326. The molecule has 0 spiro atoms. The van der Waals surface area contributed by atoms with Crippen molar-refractivity contribution in [3.8, 4) is 0 Å². The molecule has 0 atom stereocenters. The lowest BCUT2D eigenvalue weighted by molar-refractivity contribution is -0.385. The number of nitrogens with zero attached hydrogens (tertiary/aromatic N) is 2. The summed E-state index contributed by atoms with van der Waals surface area (Å²) >= 11 is 0. The molecule has 24 heavy (non-hydrogen) atoms. The number of hydrogen-bond acceptors (Lipinski definition) is 4. The number of para-hydroxylation sites is 1. The number of hydrogen-bond donors (Lipinski definition) is 1. The van der Waals surface area contributed by atoms with Gasteiger partial charge < -0.3 is 9.88 Å². The Hall–Kier alpha value is -3.22. The molecule has 2 aromatic carbocycles. The van der Waals surface area contributed by atoms with Gasteiger partial charge in [-0.25, -0.2) is 4.39 Å². The molecule has 0 fully saturated rings. The van der Waals surface area contributed by atoms with E-state index in [0.29, 0.717) is 10.9 Å². The van der Waals surface area contributed by atoms with E-state index in [9.17, 15) is 19.3 Å². The second-order valence-electron chi connectivity index (χ2n) is 5.34. The van der Waals surface area contributed by atoms with Crippen LogP contribution in [0.4, 0.5) is 15.8 Å². The maximum atomic E-state index is 13.0. The van der Waals surface area contributed by atoms with Crippen molar-refractivity contribution >= 4 is 22.3 Å². The highest BCUT2D eigenvalue weighted by Crippen LogP contribution is 2.30. The van der Waals surface area contributed by atoms with E-state index in [1.807, 2.05) is 0 Å². The third kappa shape index (κ3) is 2.71. The van der Waals surface area contributed by atoms with Gasteiger partial charge in [0.05, 0.1) is 10.4 Å². The topological polar surface area (TPSA) is 77.2 Å². The maximum absolute atomic E-state index is 13.0. The summed E-state index contributed by atoms with van der Waals surface area (Å²) in [7, 11) is 1.50. The van der Waals surface area contributed by atoms with E-state index in [1.54, 1.807) is 36.4 Å². The van der Waals surface area contributed by atoms with Crippen molar-refractivity contribution < 1.29 is 9.31 Å². The van der Waals surface area contributed by atoms with Crippen LogP contribution in [0.2, 0.25) is 0 Å². The van der Waals surface area contributed by atoms with E-state index in [2.05, 4.69) is 5.32 Å². The second-order valence-corrected chi connectivity index (χ2v) is 5.34. The standard InChI is InChI=1S/C17H14FN3O3/c1-20-14-5-3-2-4-13(14)15(16(17(20)22)21(23)24)19-10-11-6-8-12(18)9-7-11/h2-9,19H,10H2,1H3. The van der Waals surface area contributed by atoms with Gasteiger partial charge in [0.25, 0.3) is 0 Å².